The summed E-state index contributed by atoms with van der Waals surface area (Å²) in [5.41, 5.74) is 3.24. The van der Waals surface area contributed by atoms with E-state index in [0.29, 0.717) is 46.4 Å². The lowest BCUT2D eigenvalue weighted by atomic mass is 9.95. The number of hydrogen-bond acceptors (Lipinski definition) is 5. The number of nitrogens with zero attached hydrogens (tertiary/aromatic N) is 1. The predicted octanol–water partition coefficient (Wildman–Crippen LogP) is 4.99. The first-order valence-corrected chi connectivity index (χ1v) is 11.6. The minimum Gasteiger partial charge on any atom is -0.507 e. The third-order valence-corrected chi connectivity index (χ3v) is 6.72. The molecule has 5 rings (SSSR count). The Bertz CT molecular complexity index is 1450. The summed E-state index contributed by atoms with van der Waals surface area (Å²) in [6.45, 7) is 1.81. The van der Waals surface area contributed by atoms with Gasteiger partial charge in [-0.25, -0.2) is 0 Å². The van der Waals surface area contributed by atoms with Crippen LogP contribution in [-0.2, 0) is 4.79 Å². The molecule has 180 valence electrons. The zero-order valence-corrected chi connectivity index (χ0v) is 20.2. The molecule has 0 aliphatic carbocycles. The van der Waals surface area contributed by atoms with Crippen LogP contribution in [0.4, 0.5) is 11.4 Å². The van der Waals surface area contributed by atoms with E-state index in [4.69, 9.17) is 21.1 Å². The van der Waals surface area contributed by atoms with Gasteiger partial charge >= 0.3 is 0 Å². The number of rotatable bonds is 5. The SMILES string of the molecule is COc1cc2cc(C(=O)N3CC(CCl)c4c3cc(O)c3cc(NC(C)=O)ccc43)[nH]c2cc1OC. The fourth-order valence-electron chi connectivity index (χ4n) is 4.80. The number of methoxy groups -OCH3 is 2. The number of amides is 2. The molecule has 1 atom stereocenters. The number of aromatic nitrogens is 1. The van der Waals surface area contributed by atoms with E-state index in [2.05, 4.69) is 10.3 Å². The molecule has 0 saturated carbocycles. The largest absolute Gasteiger partial charge is 0.507 e. The number of alkyl halides is 1. The maximum Gasteiger partial charge on any atom is 0.274 e. The molecule has 0 bridgehead atoms. The van der Waals surface area contributed by atoms with Crippen molar-refractivity contribution in [1.29, 1.82) is 0 Å². The standard InChI is InChI=1S/C26H24ClN3O5/c1-13(31)28-16-4-5-17-18(8-16)22(32)10-21-25(17)15(11-27)12-30(21)26(33)20-6-14-7-23(34-2)24(35-3)9-19(14)29-20/h4-10,15,29,32H,11-12H2,1-3H3,(H,28,31). The number of aromatic amines is 1. The highest BCUT2D eigenvalue weighted by Crippen LogP contribution is 2.46. The van der Waals surface area contributed by atoms with Gasteiger partial charge in [0.05, 0.1) is 19.9 Å². The Morgan fingerprint density at radius 2 is 1.86 bits per heavy atom. The Labute approximate surface area is 206 Å². The molecule has 4 aromatic rings. The van der Waals surface area contributed by atoms with Gasteiger partial charge in [-0.05, 0) is 35.2 Å². The lowest BCUT2D eigenvalue weighted by molar-refractivity contribution is -0.114. The summed E-state index contributed by atoms with van der Waals surface area (Å²) >= 11 is 6.33. The van der Waals surface area contributed by atoms with Crippen LogP contribution in [0.2, 0.25) is 0 Å². The van der Waals surface area contributed by atoms with Gasteiger partial charge in [-0.3, -0.25) is 9.59 Å². The molecule has 0 radical (unpaired) electrons. The second-order valence-electron chi connectivity index (χ2n) is 8.51. The molecule has 8 nitrogen and oxygen atoms in total. The molecule has 2 heterocycles. The van der Waals surface area contributed by atoms with E-state index in [9.17, 15) is 14.7 Å². The number of anilines is 2. The van der Waals surface area contributed by atoms with E-state index in [-0.39, 0.29) is 23.5 Å². The number of carbonyl (C=O) groups excluding carboxylic acids is 2. The molecular weight excluding hydrogens is 470 g/mol. The van der Waals surface area contributed by atoms with E-state index in [1.54, 1.807) is 49.5 Å². The summed E-state index contributed by atoms with van der Waals surface area (Å²) < 4.78 is 10.7. The molecule has 0 spiro atoms. The molecule has 3 N–H and O–H groups in total. The highest BCUT2D eigenvalue weighted by molar-refractivity contribution is 6.19. The Morgan fingerprint density at radius 1 is 1.11 bits per heavy atom. The van der Waals surface area contributed by atoms with Crippen LogP contribution in [0.1, 0.15) is 28.9 Å². The topological polar surface area (TPSA) is 104 Å². The molecule has 1 aromatic heterocycles. The molecule has 9 heteroatoms. The molecule has 1 aliphatic rings. The van der Waals surface area contributed by atoms with E-state index < -0.39 is 0 Å². The molecule has 1 unspecified atom stereocenters. The summed E-state index contributed by atoms with van der Waals surface area (Å²) in [4.78, 5) is 29.9. The molecule has 0 saturated heterocycles. The summed E-state index contributed by atoms with van der Waals surface area (Å²) in [7, 11) is 3.12. The normalized spacial score (nSPS) is 14.9. The number of fused-ring (bicyclic) bond motifs is 4. The van der Waals surface area contributed by atoms with Crippen LogP contribution in [0.15, 0.2) is 42.5 Å². The van der Waals surface area contributed by atoms with E-state index in [1.165, 1.54) is 6.92 Å². The minimum absolute atomic E-state index is 0.0186. The van der Waals surface area contributed by atoms with Crippen molar-refractivity contribution in [2.24, 2.45) is 0 Å². The number of H-pyrrole nitrogens is 1. The first-order chi connectivity index (χ1) is 16.8. The van der Waals surface area contributed by atoms with Crippen molar-refractivity contribution in [2.75, 3.05) is 36.9 Å². The number of halogens is 1. The Hall–Kier alpha value is -3.91. The molecule has 0 fully saturated rings. The van der Waals surface area contributed by atoms with E-state index >= 15 is 0 Å². The van der Waals surface area contributed by atoms with Crippen molar-refractivity contribution in [3.8, 4) is 17.2 Å². The number of ether oxygens (including phenoxy) is 2. The van der Waals surface area contributed by atoms with Crippen molar-refractivity contribution in [2.45, 2.75) is 12.8 Å². The fourth-order valence-corrected chi connectivity index (χ4v) is 5.05. The highest BCUT2D eigenvalue weighted by Gasteiger charge is 2.35. The number of phenolic OH excluding ortho intramolecular Hbond substituents is 1. The first-order valence-electron chi connectivity index (χ1n) is 11.0. The van der Waals surface area contributed by atoms with Crippen molar-refractivity contribution < 1.29 is 24.2 Å². The Kier molecular flexibility index (Phi) is 5.68. The van der Waals surface area contributed by atoms with Crippen LogP contribution >= 0.6 is 11.6 Å². The van der Waals surface area contributed by atoms with Crippen LogP contribution in [0, 0.1) is 0 Å². The van der Waals surface area contributed by atoms with Crippen molar-refractivity contribution in [1.82, 2.24) is 4.98 Å². The number of nitrogens with one attached hydrogen (secondary N) is 2. The molecule has 2 amide bonds. The number of aromatic hydroxyl groups is 1. The zero-order valence-electron chi connectivity index (χ0n) is 19.4. The molecule has 1 aliphatic heterocycles. The third-order valence-electron chi connectivity index (χ3n) is 6.34. The monoisotopic (exact) mass is 493 g/mol. The average molecular weight is 494 g/mol. The van der Waals surface area contributed by atoms with Gasteiger partial charge in [0.25, 0.3) is 5.91 Å². The summed E-state index contributed by atoms with van der Waals surface area (Å²) in [6, 6.07) is 12.3. The van der Waals surface area contributed by atoms with Crippen molar-refractivity contribution in [3.63, 3.8) is 0 Å². The number of benzene rings is 3. The van der Waals surface area contributed by atoms with Gasteiger partial charge < -0.3 is 29.8 Å². The van der Waals surface area contributed by atoms with Gasteiger partial charge in [0, 0.05) is 59.4 Å². The molecule has 35 heavy (non-hydrogen) atoms. The van der Waals surface area contributed by atoms with Crippen LogP contribution in [-0.4, -0.2) is 48.5 Å². The minimum atomic E-state index is -0.235. The zero-order chi connectivity index (χ0) is 24.9. The predicted molar refractivity (Wildman–Crippen MR) is 136 cm³/mol. The number of hydrogen-bond donors (Lipinski definition) is 3. The molecular formula is C26H24ClN3O5. The van der Waals surface area contributed by atoms with E-state index in [1.807, 2.05) is 12.1 Å². The number of phenols is 1. The van der Waals surface area contributed by atoms with Crippen molar-refractivity contribution in [3.05, 3.63) is 53.7 Å². The maximum absolute atomic E-state index is 13.6. The Balaban J connectivity index is 1.59. The smallest absolute Gasteiger partial charge is 0.274 e. The van der Waals surface area contributed by atoms with Crippen LogP contribution in [0.25, 0.3) is 21.7 Å². The van der Waals surface area contributed by atoms with Gasteiger partial charge in [-0.2, -0.15) is 0 Å². The third kappa shape index (κ3) is 3.80. The number of carbonyl (C=O) groups is 2. The van der Waals surface area contributed by atoms with Crippen molar-refractivity contribution >= 4 is 56.5 Å². The summed E-state index contributed by atoms with van der Waals surface area (Å²) in [5, 5.41) is 15.8. The highest BCUT2D eigenvalue weighted by atomic mass is 35.5. The van der Waals surface area contributed by atoms with Gasteiger partial charge in [0.15, 0.2) is 11.5 Å². The fraction of sp³-hybridized carbons (Fsp3) is 0.231. The summed E-state index contributed by atoms with van der Waals surface area (Å²) in [5.74, 6) is 0.910. The summed E-state index contributed by atoms with van der Waals surface area (Å²) in [6.07, 6.45) is 0. The van der Waals surface area contributed by atoms with Gasteiger partial charge in [-0.1, -0.05) is 6.07 Å². The quantitative estimate of drug-likeness (QED) is 0.340. The van der Waals surface area contributed by atoms with Gasteiger partial charge in [-0.15, -0.1) is 11.6 Å². The second kappa shape index (κ2) is 8.70. The maximum atomic E-state index is 13.6. The Morgan fingerprint density at radius 3 is 2.54 bits per heavy atom. The van der Waals surface area contributed by atoms with Crippen LogP contribution < -0.4 is 19.7 Å². The van der Waals surface area contributed by atoms with Gasteiger partial charge in [0.1, 0.15) is 11.4 Å². The molecule has 3 aromatic carbocycles. The average Bonchev–Trinajstić information content (AvgIpc) is 3.43. The van der Waals surface area contributed by atoms with Crippen LogP contribution in [0.3, 0.4) is 0 Å². The van der Waals surface area contributed by atoms with E-state index in [0.717, 1.165) is 21.9 Å². The second-order valence-corrected chi connectivity index (χ2v) is 8.82. The lowest BCUT2D eigenvalue weighted by Crippen LogP contribution is -2.30. The van der Waals surface area contributed by atoms with Crippen LogP contribution in [0.5, 0.6) is 17.2 Å². The van der Waals surface area contributed by atoms with Gasteiger partial charge in [0.2, 0.25) is 5.91 Å². The first kappa shape index (κ1) is 22.9. The lowest BCUT2D eigenvalue weighted by Gasteiger charge is -2.18.